The SMILES string of the molecule is Cn1nnnc1SCC1=C(C(=O)O)N2C(=O)C(NC(=O)CCCS(=O)c3ccc(O)cc3)[C@H]2SC1. The normalized spacial score (nSPS) is 20.3. The molecule has 0 bridgehead atoms. The lowest BCUT2D eigenvalue weighted by atomic mass is 10.0. The van der Waals surface area contributed by atoms with Crippen LogP contribution < -0.4 is 5.32 Å². The van der Waals surface area contributed by atoms with Crippen LogP contribution in [0.25, 0.3) is 0 Å². The molecule has 35 heavy (non-hydrogen) atoms. The molecule has 3 N–H and O–H groups in total. The Morgan fingerprint density at radius 3 is 2.71 bits per heavy atom. The molecule has 4 rings (SSSR count). The maximum absolute atomic E-state index is 12.8. The molecule has 0 aliphatic carbocycles. The second-order valence-electron chi connectivity index (χ2n) is 7.73. The number of carbonyl (C=O) groups excluding carboxylic acids is 2. The van der Waals surface area contributed by atoms with E-state index in [9.17, 15) is 28.8 Å². The highest BCUT2D eigenvalue weighted by Crippen LogP contribution is 2.41. The fraction of sp³-hybridized carbons (Fsp3) is 0.400. The molecule has 2 unspecified atom stereocenters. The van der Waals surface area contributed by atoms with Gasteiger partial charge >= 0.3 is 5.97 Å². The number of hydrogen-bond acceptors (Lipinski definition) is 10. The Kier molecular flexibility index (Phi) is 7.76. The molecule has 2 aromatic rings. The van der Waals surface area contributed by atoms with E-state index in [1.165, 1.54) is 45.2 Å². The predicted molar refractivity (Wildman–Crippen MR) is 128 cm³/mol. The Morgan fingerprint density at radius 1 is 1.31 bits per heavy atom. The van der Waals surface area contributed by atoms with E-state index in [-0.39, 0.29) is 29.5 Å². The van der Waals surface area contributed by atoms with E-state index in [0.29, 0.717) is 33.6 Å². The highest BCUT2D eigenvalue weighted by molar-refractivity contribution is 8.01. The van der Waals surface area contributed by atoms with E-state index in [0.717, 1.165) is 0 Å². The van der Waals surface area contributed by atoms with Gasteiger partial charge in [0.2, 0.25) is 11.1 Å². The maximum atomic E-state index is 12.8. The number of phenols is 1. The number of aliphatic carboxylic acids is 1. The van der Waals surface area contributed by atoms with Gasteiger partial charge in [-0.2, -0.15) is 0 Å². The van der Waals surface area contributed by atoms with Gasteiger partial charge in [0.15, 0.2) is 0 Å². The third-order valence-corrected chi connectivity index (χ3v) is 9.25. The summed E-state index contributed by atoms with van der Waals surface area (Å²) >= 11 is 2.67. The van der Waals surface area contributed by atoms with Crippen LogP contribution in [0.5, 0.6) is 5.75 Å². The molecule has 12 nitrogen and oxygen atoms in total. The average molecular weight is 539 g/mol. The second kappa shape index (κ2) is 10.8. The van der Waals surface area contributed by atoms with Crippen LogP contribution in [0.1, 0.15) is 12.8 Å². The molecule has 3 atom stereocenters. The molecule has 186 valence electrons. The number of aromatic hydroxyl groups is 1. The summed E-state index contributed by atoms with van der Waals surface area (Å²) in [5.41, 5.74) is 0.526. The van der Waals surface area contributed by atoms with Crippen molar-refractivity contribution in [2.75, 3.05) is 17.3 Å². The number of hydrogen-bond donors (Lipinski definition) is 3. The maximum Gasteiger partial charge on any atom is 0.352 e. The van der Waals surface area contributed by atoms with Crippen molar-refractivity contribution in [3.8, 4) is 5.75 Å². The van der Waals surface area contributed by atoms with Gasteiger partial charge in [-0.05, 0) is 46.7 Å². The molecule has 0 radical (unpaired) electrons. The summed E-state index contributed by atoms with van der Waals surface area (Å²) in [4.78, 5) is 38.9. The van der Waals surface area contributed by atoms with E-state index in [1.54, 1.807) is 19.2 Å². The van der Waals surface area contributed by atoms with Crippen LogP contribution in [0.15, 0.2) is 45.6 Å². The van der Waals surface area contributed by atoms with E-state index in [4.69, 9.17) is 0 Å². The first-order valence-corrected chi connectivity index (χ1v) is 13.8. The van der Waals surface area contributed by atoms with Gasteiger partial charge in [0, 0.05) is 35.6 Å². The van der Waals surface area contributed by atoms with Crippen LogP contribution >= 0.6 is 23.5 Å². The fourth-order valence-corrected chi connectivity index (χ4v) is 7.03. The largest absolute Gasteiger partial charge is 0.508 e. The standard InChI is InChI=1S/C20H22N6O6S3/c1-25-20(22-23-24-25)34-10-11-9-33-18-15(17(29)26(18)16(11)19(30)31)21-14(28)3-2-8-35(32)13-6-4-12(27)5-7-13/h4-7,15,18,27H,2-3,8-10H2,1H3,(H,21,28)(H,30,31)/t15?,18-,35?/m1/s1. The van der Waals surface area contributed by atoms with Crippen molar-refractivity contribution >= 4 is 52.1 Å². The number of amides is 2. The van der Waals surface area contributed by atoms with E-state index in [1.807, 2.05) is 0 Å². The minimum atomic E-state index is -1.31. The number of carbonyl (C=O) groups is 3. The van der Waals surface area contributed by atoms with Crippen LogP contribution in [-0.4, -0.2) is 86.0 Å². The summed E-state index contributed by atoms with van der Waals surface area (Å²) in [6.07, 6.45) is 0.431. The van der Waals surface area contributed by atoms with Gasteiger partial charge in [-0.1, -0.05) is 11.8 Å². The molecule has 1 aromatic carbocycles. The van der Waals surface area contributed by atoms with Gasteiger partial charge in [0.25, 0.3) is 5.91 Å². The number of carboxylic acids is 1. The number of β-lactam (4-membered cyclic amide) rings is 1. The third-order valence-electron chi connectivity index (χ3n) is 5.36. The summed E-state index contributed by atoms with van der Waals surface area (Å²) in [6.45, 7) is 0. The van der Waals surface area contributed by atoms with Gasteiger partial charge < -0.3 is 15.5 Å². The number of aryl methyl sites for hydroxylation is 1. The van der Waals surface area contributed by atoms with Crippen LogP contribution in [0.3, 0.4) is 0 Å². The van der Waals surface area contributed by atoms with Crippen molar-refractivity contribution in [2.24, 2.45) is 7.05 Å². The Morgan fingerprint density at radius 2 is 2.06 bits per heavy atom. The first kappa shape index (κ1) is 25.2. The minimum Gasteiger partial charge on any atom is -0.508 e. The average Bonchev–Trinajstić information content (AvgIpc) is 3.25. The van der Waals surface area contributed by atoms with Gasteiger partial charge in [-0.25, -0.2) is 9.48 Å². The zero-order valence-electron chi connectivity index (χ0n) is 18.5. The third kappa shape index (κ3) is 5.51. The highest BCUT2D eigenvalue weighted by Gasteiger charge is 2.54. The molecule has 1 fully saturated rings. The van der Waals surface area contributed by atoms with Gasteiger partial charge in [0.1, 0.15) is 22.9 Å². The fourth-order valence-electron chi connectivity index (χ4n) is 3.61. The van der Waals surface area contributed by atoms with Crippen LogP contribution in [-0.2, 0) is 32.2 Å². The minimum absolute atomic E-state index is 0.0591. The number of rotatable bonds is 10. The van der Waals surface area contributed by atoms with Crippen LogP contribution in [0, 0.1) is 0 Å². The molecule has 1 aromatic heterocycles. The van der Waals surface area contributed by atoms with Crippen molar-refractivity contribution < 1.29 is 28.8 Å². The summed E-state index contributed by atoms with van der Waals surface area (Å²) in [5, 5.41) is 33.0. The van der Waals surface area contributed by atoms with E-state index >= 15 is 0 Å². The lowest BCUT2D eigenvalue weighted by molar-refractivity contribution is -0.150. The molecule has 1 saturated heterocycles. The predicted octanol–water partition coefficient (Wildman–Crippen LogP) is 0.334. The zero-order valence-corrected chi connectivity index (χ0v) is 20.9. The van der Waals surface area contributed by atoms with Gasteiger partial charge in [-0.3, -0.25) is 18.7 Å². The van der Waals surface area contributed by atoms with Crippen LogP contribution in [0.4, 0.5) is 0 Å². The topological polar surface area (TPSA) is 168 Å². The molecular weight excluding hydrogens is 516 g/mol. The summed E-state index contributed by atoms with van der Waals surface area (Å²) in [7, 11) is 0.370. The molecule has 3 heterocycles. The number of tetrazole rings is 1. The molecule has 15 heteroatoms. The Hall–Kier alpha value is -2.91. The molecule has 0 saturated carbocycles. The molecular formula is C20H22N6O6S3. The molecule has 2 amide bonds. The van der Waals surface area contributed by atoms with Gasteiger partial charge in [0.05, 0.1) is 10.8 Å². The summed E-state index contributed by atoms with van der Waals surface area (Å²) in [6, 6.07) is 5.23. The lowest BCUT2D eigenvalue weighted by Crippen LogP contribution is -2.70. The number of benzene rings is 1. The van der Waals surface area contributed by atoms with Crippen LogP contribution in [0.2, 0.25) is 0 Å². The highest BCUT2D eigenvalue weighted by atomic mass is 32.2. The summed E-state index contributed by atoms with van der Waals surface area (Å²) < 4.78 is 13.8. The number of fused-ring (bicyclic) bond motifs is 1. The lowest BCUT2D eigenvalue weighted by Gasteiger charge is -2.49. The van der Waals surface area contributed by atoms with Crippen molar-refractivity contribution in [3.05, 3.63) is 35.5 Å². The number of aromatic nitrogens is 4. The quantitative estimate of drug-likeness (QED) is 0.282. The first-order valence-electron chi connectivity index (χ1n) is 10.5. The number of nitrogens with zero attached hydrogens (tertiary/aromatic N) is 5. The van der Waals surface area contributed by atoms with E-state index in [2.05, 4.69) is 20.8 Å². The number of phenolic OH excluding ortho intramolecular Hbond substituents is 1. The van der Waals surface area contributed by atoms with Crippen molar-refractivity contribution in [1.82, 2.24) is 30.4 Å². The zero-order chi connectivity index (χ0) is 25.1. The van der Waals surface area contributed by atoms with Gasteiger partial charge in [-0.15, -0.1) is 16.9 Å². The molecule has 0 spiro atoms. The summed E-state index contributed by atoms with van der Waals surface area (Å²) in [5.74, 6) is -0.973. The molecule has 2 aliphatic rings. The number of thioether (sulfide) groups is 2. The van der Waals surface area contributed by atoms with Crippen molar-refractivity contribution in [3.63, 3.8) is 0 Å². The number of nitrogens with one attached hydrogen (secondary N) is 1. The Bertz CT molecular complexity index is 1200. The second-order valence-corrected chi connectivity index (χ2v) is 11.4. The van der Waals surface area contributed by atoms with Crippen molar-refractivity contribution in [1.29, 1.82) is 0 Å². The van der Waals surface area contributed by atoms with E-state index < -0.39 is 34.1 Å². The Balaban J connectivity index is 1.31. The van der Waals surface area contributed by atoms with Crippen molar-refractivity contribution in [2.45, 2.75) is 34.3 Å². The number of carboxylic acid groups (broad SMARTS) is 1. The monoisotopic (exact) mass is 538 g/mol. The molecule has 2 aliphatic heterocycles. The first-order chi connectivity index (χ1) is 16.8. The Labute approximate surface area is 211 Å². The smallest absolute Gasteiger partial charge is 0.352 e.